The highest BCUT2D eigenvalue weighted by molar-refractivity contribution is 9.10. The zero-order valence-electron chi connectivity index (χ0n) is 10.4. The first-order chi connectivity index (χ1) is 8.15. The normalized spacial score (nSPS) is 12.7. The molecule has 2 N–H and O–H groups in total. The number of unbranched alkanes of at least 4 members (excludes halogenated alkanes) is 4. The minimum absolute atomic E-state index is 0.114. The molecule has 0 aliphatic rings. The summed E-state index contributed by atoms with van der Waals surface area (Å²) < 4.78 is 1.02. The lowest BCUT2D eigenvalue weighted by atomic mass is 10.0. The molecule has 1 aromatic carbocycles. The molecule has 1 unspecified atom stereocenters. The van der Waals surface area contributed by atoms with Crippen molar-refractivity contribution in [3.8, 4) is 0 Å². The van der Waals surface area contributed by atoms with Crippen LogP contribution in [0.15, 0.2) is 22.7 Å². The van der Waals surface area contributed by atoms with Crippen molar-refractivity contribution in [3.05, 3.63) is 33.3 Å². The SMILES string of the molecule is CCCCCCCC(N)c1ccc(Cl)cc1Br. The van der Waals surface area contributed by atoms with E-state index in [0.29, 0.717) is 0 Å². The minimum Gasteiger partial charge on any atom is -0.324 e. The van der Waals surface area contributed by atoms with Crippen LogP contribution in [0.3, 0.4) is 0 Å². The van der Waals surface area contributed by atoms with Crippen molar-refractivity contribution in [1.29, 1.82) is 0 Å². The molecule has 0 spiro atoms. The third kappa shape index (κ3) is 5.41. The Morgan fingerprint density at radius 3 is 2.59 bits per heavy atom. The molecule has 0 aromatic heterocycles. The van der Waals surface area contributed by atoms with E-state index in [9.17, 15) is 0 Å². The standard InChI is InChI=1S/C14H21BrClN/c1-2-3-4-5-6-7-14(17)12-9-8-11(16)10-13(12)15/h8-10,14H,2-7,17H2,1H3. The fourth-order valence-electron chi connectivity index (χ4n) is 1.93. The average molecular weight is 319 g/mol. The maximum Gasteiger partial charge on any atom is 0.0417 e. The summed E-state index contributed by atoms with van der Waals surface area (Å²) in [6, 6.07) is 5.94. The second kappa shape index (κ2) is 8.12. The van der Waals surface area contributed by atoms with Crippen LogP contribution in [0.1, 0.15) is 57.1 Å². The second-order valence-corrected chi connectivity index (χ2v) is 5.77. The number of halogens is 2. The van der Waals surface area contributed by atoms with Crippen molar-refractivity contribution in [3.63, 3.8) is 0 Å². The predicted molar refractivity (Wildman–Crippen MR) is 79.5 cm³/mol. The predicted octanol–water partition coefficient (Wildman–Crippen LogP) is 5.46. The van der Waals surface area contributed by atoms with Gasteiger partial charge in [-0.05, 0) is 24.1 Å². The number of hydrogen-bond acceptors (Lipinski definition) is 1. The Hall–Kier alpha value is -0.0500. The maximum absolute atomic E-state index is 6.19. The highest BCUT2D eigenvalue weighted by Gasteiger charge is 2.09. The summed E-state index contributed by atoms with van der Waals surface area (Å²) in [5.41, 5.74) is 7.34. The highest BCUT2D eigenvalue weighted by atomic mass is 79.9. The quantitative estimate of drug-likeness (QED) is 0.663. The van der Waals surface area contributed by atoms with Crippen molar-refractivity contribution in [1.82, 2.24) is 0 Å². The number of nitrogens with two attached hydrogens (primary N) is 1. The Kier molecular flexibility index (Phi) is 7.17. The molecule has 0 bridgehead atoms. The van der Waals surface area contributed by atoms with Gasteiger partial charge in [0.2, 0.25) is 0 Å². The van der Waals surface area contributed by atoms with Gasteiger partial charge < -0.3 is 5.73 Å². The van der Waals surface area contributed by atoms with Gasteiger partial charge in [-0.15, -0.1) is 0 Å². The van der Waals surface area contributed by atoms with Crippen molar-refractivity contribution in [2.24, 2.45) is 5.73 Å². The molecule has 0 aliphatic carbocycles. The molecule has 1 atom stereocenters. The number of rotatable bonds is 7. The fraction of sp³-hybridized carbons (Fsp3) is 0.571. The van der Waals surface area contributed by atoms with E-state index in [2.05, 4.69) is 22.9 Å². The van der Waals surface area contributed by atoms with E-state index in [1.54, 1.807) is 0 Å². The van der Waals surface area contributed by atoms with Crippen LogP contribution in [0.4, 0.5) is 0 Å². The van der Waals surface area contributed by atoms with Gasteiger partial charge in [-0.3, -0.25) is 0 Å². The first-order valence-electron chi connectivity index (χ1n) is 6.35. The largest absolute Gasteiger partial charge is 0.324 e. The molecule has 0 fully saturated rings. The summed E-state index contributed by atoms with van der Waals surface area (Å²) in [6.07, 6.45) is 7.48. The maximum atomic E-state index is 6.19. The van der Waals surface area contributed by atoms with Crippen molar-refractivity contribution in [2.45, 2.75) is 51.5 Å². The van der Waals surface area contributed by atoms with Crippen molar-refractivity contribution < 1.29 is 0 Å². The molecule has 0 amide bonds. The summed E-state index contributed by atoms with van der Waals surface area (Å²) >= 11 is 9.43. The second-order valence-electron chi connectivity index (χ2n) is 4.48. The first kappa shape index (κ1) is 15.0. The van der Waals surface area contributed by atoms with Crippen LogP contribution >= 0.6 is 27.5 Å². The zero-order chi connectivity index (χ0) is 12.7. The lowest BCUT2D eigenvalue weighted by Gasteiger charge is -2.14. The summed E-state index contributed by atoms with van der Waals surface area (Å²) in [6.45, 7) is 2.23. The monoisotopic (exact) mass is 317 g/mol. The highest BCUT2D eigenvalue weighted by Crippen LogP contribution is 2.28. The van der Waals surface area contributed by atoms with Gasteiger partial charge >= 0.3 is 0 Å². The molecule has 0 heterocycles. The molecule has 96 valence electrons. The van der Waals surface area contributed by atoms with E-state index < -0.39 is 0 Å². The third-order valence-electron chi connectivity index (χ3n) is 2.98. The topological polar surface area (TPSA) is 26.0 Å². The van der Waals surface area contributed by atoms with Gasteiger partial charge in [0.25, 0.3) is 0 Å². The molecule has 3 heteroatoms. The number of benzene rings is 1. The molecule has 1 aromatic rings. The Morgan fingerprint density at radius 2 is 1.94 bits per heavy atom. The minimum atomic E-state index is 0.114. The van der Waals surface area contributed by atoms with E-state index in [1.165, 1.54) is 32.1 Å². The molecule has 0 radical (unpaired) electrons. The Morgan fingerprint density at radius 1 is 1.24 bits per heavy atom. The molecule has 17 heavy (non-hydrogen) atoms. The van der Waals surface area contributed by atoms with E-state index in [1.807, 2.05) is 18.2 Å². The Balaban J connectivity index is 2.38. The van der Waals surface area contributed by atoms with Gasteiger partial charge in [-0.1, -0.05) is 72.6 Å². The van der Waals surface area contributed by atoms with Crippen LogP contribution in [0.5, 0.6) is 0 Å². The van der Waals surface area contributed by atoms with Crippen LogP contribution in [0, 0.1) is 0 Å². The Bertz CT molecular complexity index is 341. The van der Waals surface area contributed by atoms with E-state index in [-0.39, 0.29) is 6.04 Å². The summed E-state index contributed by atoms with van der Waals surface area (Å²) in [7, 11) is 0. The van der Waals surface area contributed by atoms with Crippen molar-refractivity contribution in [2.75, 3.05) is 0 Å². The van der Waals surface area contributed by atoms with Crippen LogP contribution in [0.2, 0.25) is 5.02 Å². The van der Waals surface area contributed by atoms with Gasteiger partial charge in [0, 0.05) is 15.5 Å². The van der Waals surface area contributed by atoms with Crippen LogP contribution in [-0.4, -0.2) is 0 Å². The molecule has 1 rings (SSSR count). The van der Waals surface area contributed by atoms with E-state index >= 15 is 0 Å². The lowest BCUT2D eigenvalue weighted by Crippen LogP contribution is -2.10. The van der Waals surface area contributed by atoms with Crippen LogP contribution < -0.4 is 5.73 Å². The average Bonchev–Trinajstić information content (AvgIpc) is 2.28. The third-order valence-corrected chi connectivity index (χ3v) is 3.90. The molecule has 0 saturated carbocycles. The van der Waals surface area contributed by atoms with Crippen molar-refractivity contribution >= 4 is 27.5 Å². The molecule has 0 aliphatic heterocycles. The van der Waals surface area contributed by atoms with E-state index in [0.717, 1.165) is 21.5 Å². The van der Waals surface area contributed by atoms with Crippen LogP contribution in [-0.2, 0) is 0 Å². The van der Waals surface area contributed by atoms with Gasteiger partial charge in [-0.25, -0.2) is 0 Å². The fourth-order valence-corrected chi connectivity index (χ4v) is 2.90. The molecule has 0 saturated heterocycles. The van der Waals surface area contributed by atoms with Crippen LogP contribution in [0.25, 0.3) is 0 Å². The van der Waals surface area contributed by atoms with Gasteiger partial charge in [0.05, 0.1) is 0 Å². The molecular formula is C14H21BrClN. The summed E-state index contributed by atoms with van der Waals surface area (Å²) in [4.78, 5) is 0. The summed E-state index contributed by atoms with van der Waals surface area (Å²) in [5.74, 6) is 0. The van der Waals surface area contributed by atoms with Gasteiger partial charge in [-0.2, -0.15) is 0 Å². The first-order valence-corrected chi connectivity index (χ1v) is 7.52. The lowest BCUT2D eigenvalue weighted by molar-refractivity contribution is 0.554. The van der Waals surface area contributed by atoms with Gasteiger partial charge in [0.15, 0.2) is 0 Å². The van der Waals surface area contributed by atoms with E-state index in [4.69, 9.17) is 17.3 Å². The number of hydrogen-bond donors (Lipinski definition) is 1. The smallest absolute Gasteiger partial charge is 0.0417 e. The molecule has 1 nitrogen and oxygen atoms in total. The van der Waals surface area contributed by atoms with Gasteiger partial charge in [0.1, 0.15) is 0 Å². The zero-order valence-corrected chi connectivity index (χ0v) is 12.7. The Labute approximate surface area is 118 Å². The molecular weight excluding hydrogens is 298 g/mol. The summed E-state index contributed by atoms with van der Waals surface area (Å²) in [5, 5.41) is 0.746.